The highest BCUT2D eigenvalue weighted by atomic mass is 35.5. The Morgan fingerprint density at radius 1 is 1.26 bits per heavy atom. The molecule has 23 heavy (non-hydrogen) atoms. The highest BCUT2D eigenvalue weighted by Crippen LogP contribution is 2.30. The van der Waals surface area contributed by atoms with Crippen molar-refractivity contribution in [3.63, 3.8) is 0 Å². The third-order valence-corrected chi connectivity index (χ3v) is 4.10. The van der Waals surface area contributed by atoms with Crippen molar-refractivity contribution < 1.29 is 4.79 Å². The first kappa shape index (κ1) is 17.6. The molecule has 0 saturated heterocycles. The van der Waals surface area contributed by atoms with Crippen LogP contribution in [0, 0.1) is 0 Å². The molecule has 1 N–H and O–H groups in total. The van der Waals surface area contributed by atoms with Crippen LogP contribution in [0.5, 0.6) is 0 Å². The van der Waals surface area contributed by atoms with Gasteiger partial charge in [0.1, 0.15) is 5.69 Å². The van der Waals surface area contributed by atoms with E-state index in [2.05, 4.69) is 22.1 Å². The molecule has 0 spiro atoms. The van der Waals surface area contributed by atoms with Crippen molar-refractivity contribution in [2.45, 2.75) is 19.8 Å². The monoisotopic (exact) mass is 351 g/mol. The van der Waals surface area contributed by atoms with Crippen molar-refractivity contribution in [2.75, 3.05) is 23.8 Å². The minimum atomic E-state index is -0.342. The van der Waals surface area contributed by atoms with E-state index in [4.69, 9.17) is 23.2 Å². The molecule has 0 atom stereocenters. The fraction of sp³-hybridized carbons (Fsp3) is 0.294. The van der Waals surface area contributed by atoms with Crippen LogP contribution in [0.3, 0.4) is 0 Å². The molecular formula is C17H19Cl2N3O. The number of rotatable bonds is 6. The van der Waals surface area contributed by atoms with E-state index in [1.165, 1.54) is 0 Å². The summed E-state index contributed by atoms with van der Waals surface area (Å²) < 4.78 is 0. The van der Waals surface area contributed by atoms with Crippen LogP contribution in [-0.2, 0) is 0 Å². The number of unbranched alkanes of at least 4 members (excludes halogenated alkanes) is 1. The lowest BCUT2D eigenvalue weighted by atomic mass is 10.2. The van der Waals surface area contributed by atoms with Gasteiger partial charge in [0.05, 0.1) is 15.7 Å². The van der Waals surface area contributed by atoms with Gasteiger partial charge in [0.15, 0.2) is 0 Å². The highest BCUT2D eigenvalue weighted by Gasteiger charge is 2.13. The standard InChI is InChI=1S/C17H19Cl2N3O/c1-3-4-10-22(2)12-8-9-20-15(11-12)17(23)21-16-13(18)6-5-7-14(16)19/h5-9,11H,3-4,10H2,1-2H3,(H,21,23). The van der Waals surface area contributed by atoms with Crippen LogP contribution >= 0.6 is 23.2 Å². The third kappa shape index (κ3) is 4.60. The van der Waals surface area contributed by atoms with Crippen molar-refractivity contribution in [2.24, 2.45) is 0 Å². The van der Waals surface area contributed by atoms with Gasteiger partial charge in [0.2, 0.25) is 0 Å². The molecule has 0 aliphatic heterocycles. The number of para-hydroxylation sites is 1. The van der Waals surface area contributed by atoms with Gasteiger partial charge in [0, 0.05) is 25.5 Å². The number of halogens is 2. The maximum atomic E-state index is 12.4. The second-order valence-corrected chi connectivity index (χ2v) is 6.04. The summed E-state index contributed by atoms with van der Waals surface area (Å²) in [5, 5.41) is 3.50. The first-order chi connectivity index (χ1) is 11.0. The molecule has 1 aromatic heterocycles. The summed E-state index contributed by atoms with van der Waals surface area (Å²) in [6.45, 7) is 3.07. The Kier molecular flexibility index (Phi) is 6.25. The number of pyridine rings is 1. The van der Waals surface area contributed by atoms with Gasteiger partial charge in [-0.05, 0) is 30.7 Å². The summed E-state index contributed by atoms with van der Waals surface area (Å²) >= 11 is 12.1. The number of nitrogens with one attached hydrogen (secondary N) is 1. The number of hydrogen-bond donors (Lipinski definition) is 1. The van der Waals surface area contributed by atoms with Crippen LogP contribution in [-0.4, -0.2) is 24.5 Å². The van der Waals surface area contributed by atoms with E-state index in [1.807, 2.05) is 13.1 Å². The Hall–Kier alpha value is -1.78. The number of hydrogen-bond acceptors (Lipinski definition) is 3. The predicted octanol–water partition coefficient (Wildman–Crippen LogP) is 4.88. The fourth-order valence-corrected chi connectivity index (χ4v) is 2.59. The zero-order valence-corrected chi connectivity index (χ0v) is 14.7. The van der Waals surface area contributed by atoms with E-state index in [1.54, 1.807) is 30.5 Å². The summed E-state index contributed by atoms with van der Waals surface area (Å²) in [7, 11) is 2.00. The SMILES string of the molecule is CCCCN(C)c1ccnc(C(=O)Nc2c(Cl)cccc2Cl)c1. The van der Waals surface area contributed by atoms with E-state index in [9.17, 15) is 4.79 Å². The smallest absolute Gasteiger partial charge is 0.274 e. The van der Waals surface area contributed by atoms with E-state index in [0.717, 1.165) is 25.1 Å². The zero-order valence-electron chi connectivity index (χ0n) is 13.1. The van der Waals surface area contributed by atoms with Crippen molar-refractivity contribution in [3.8, 4) is 0 Å². The number of nitrogens with zero attached hydrogens (tertiary/aromatic N) is 2. The second-order valence-electron chi connectivity index (χ2n) is 5.23. The molecule has 0 radical (unpaired) electrons. The lowest BCUT2D eigenvalue weighted by molar-refractivity contribution is 0.102. The molecule has 1 amide bonds. The van der Waals surface area contributed by atoms with Gasteiger partial charge < -0.3 is 10.2 Å². The Morgan fingerprint density at radius 2 is 1.96 bits per heavy atom. The molecule has 0 bridgehead atoms. The Morgan fingerprint density at radius 3 is 2.61 bits per heavy atom. The van der Waals surface area contributed by atoms with E-state index in [-0.39, 0.29) is 5.91 Å². The highest BCUT2D eigenvalue weighted by molar-refractivity contribution is 6.40. The third-order valence-electron chi connectivity index (χ3n) is 3.47. The Labute approximate surface area is 146 Å². The van der Waals surface area contributed by atoms with Gasteiger partial charge in [-0.25, -0.2) is 0 Å². The quantitative estimate of drug-likeness (QED) is 0.806. The summed E-state index contributed by atoms with van der Waals surface area (Å²) in [6.07, 6.45) is 3.84. The summed E-state index contributed by atoms with van der Waals surface area (Å²) in [6, 6.07) is 8.71. The number of amides is 1. The van der Waals surface area contributed by atoms with Crippen LogP contribution in [0.15, 0.2) is 36.5 Å². The van der Waals surface area contributed by atoms with E-state index in [0.29, 0.717) is 21.4 Å². The lowest BCUT2D eigenvalue weighted by Crippen LogP contribution is -2.20. The van der Waals surface area contributed by atoms with Gasteiger partial charge in [-0.1, -0.05) is 42.6 Å². The summed E-state index contributed by atoms with van der Waals surface area (Å²) in [5.41, 5.74) is 1.66. The molecule has 0 fully saturated rings. The van der Waals surface area contributed by atoms with Crippen molar-refractivity contribution >= 4 is 40.5 Å². The summed E-state index contributed by atoms with van der Waals surface area (Å²) in [5.74, 6) is -0.342. The van der Waals surface area contributed by atoms with Crippen LogP contribution in [0.25, 0.3) is 0 Å². The maximum Gasteiger partial charge on any atom is 0.274 e. The Bertz CT molecular complexity index is 671. The molecule has 122 valence electrons. The largest absolute Gasteiger partial charge is 0.374 e. The Balaban J connectivity index is 2.17. The number of anilines is 2. The fourth-order valence-electron chi connectivity index (χ4n) is 2.10. The zero-order chi connectivity index (χ0) is 16.8. The molecule has 1 heterocycles. The number of aromatic nitrogens is 1. The van der Waals surface area contributed by atoms with E-state index < -0.39 is 0 Å². The average molecular weight is 352 g/mol. The van der Waals surface area contributed by atoms with Gasteiger partial charge in [0.25, 0.3) is 5.91 Å². The lowest BCUT2D eigenvalue weighted by Gasteiger charge is -2.19. The van der Waals surface area contributed by atoms with E-state index >= 15 is 0 Å². The number of benzene rings is 1. The molecule has 0 aliphatic rings. The second kappa shape index (κ2) is 8.18. The molecule has 4 nitrogen and oxygen atoms in total. The van der Waals surface area contributed by atoms with Crippen LogP contribution in [0.2, 0.25) is 10.0 Å². The summed E-state index contributed by atoms with van der Waals surface area (Å²) in [4.78, 5) is 18.6. The van der Waals surface area contributed by atoms with Gasteiger partial charge in [-0.15, -0.1) is 0 Å². The minimum Gasteiger partial charge on any atom is -0.374 e. The molecular weight excluding hydrogens is 333 g/mol. The van der Waals surface area contributed by atoms with Gasteiger partial charge in [-0.2, -0.15) is 0 Å². The predicted molar refractivity (Wildman–Crippen MR) is 96.8 cm³/mol. The first-order valence-electron chi connectivity index (χ1n) is 7.45. The van der Waals surface area contributed by atoms with Crippen molar-refractivity contribution in [1.29, 1.82) is 0 Å². The maximum absolute atomic E-state index is 12.4. The number of carbonyl (C=O) groups excluding carboxylic acids is 1. The molecule has 0 saturated carbocycles. The van der Waals surface area contributed by atoms with Gasteiger partial charge >= 0.3 is 0 Å². The van der Waals surface area contributed by atoms with Gasteiger partial charge in [-0.3, -0.25) is 9.78 Å². The average Bonchev–Trinajstić information content (AvgIpc) is 2.56. The first-order valence-corrected chi connectivity index (χ1v) is 8.21. The number of carbonyl (C=O) groups is 1. The minimum absolute atomic E-state index is 0.321. The van der Waals surface area contributed by atoms with Crippen molar-refractivity contribution in [1.82, 2.24) is 4.98 Å². The molecule has 0 unspecified atom stereocenters. The molecule has 2 aromatic rings. The topological polar surface area (TPSA) is 45.2 Å². The van der Waals surface area contributed by atoms with Crippen molar-refractivity contribution in [3.05, 3.63) is 52.3 Å². The molecule has 1 aromatic carbocycles. The normalized spacial score (nSPS) is 10.4. The molecule has 0 aliphatic carbocycles. The van der Waals surface area contributed by atoms with Crippen LogP contribution in [0.1, 0.15) is 30.3 Å². The molecule has 2 rings (SSSR count). The molecule has 6 heteroatoms. The van der Waals surface area contributed by atoms with Crippen LogP contribution in [0.4, 0.5) is 11.4 Å². The van der Waals surface area contributed by atoms with Crippen LogP contribution < -0.4 is 10.2 Å².